The Bertz CT molecular complexity index is 604. The molecule has 0 fully saturated rings. The van der Waals surface area contributed by atoms with Crippen LogP contribution in [-0.4, -0.2) is 0 Å². The summed E-state index contributed by atoms with van der Waals surface area (Å²) in [5.41, 5.74) is -0.0230. The minimum absolute atomic E-state index is 0.203. The van der Waals surface area contributed by atoms with Crippen LogP contribution in [-0.2, 0) is 5.92 Å². The molecule has 2 aromatic rings. The fourth-order valence-corrected chi connectivity index (χ4v) is 1.64. The van der Waals surface area contributed by atoms with Gasteiger partial charge in [-0.25, -0.2) is 0 Å². The molecular weight excluding hydrogens is 250 g/mol. The molecule has 0 radical (unpaired) electrons. The van der Waals surface area contributed by atoms with Crippen LogP contribution in [0.3, 0.4) is 0 Å². The lowest BCUT2D eigenvalue weighted by Crippen LogP contribution is -2.14. The lowest BCUT2D eigenvalue weighted by molar-refractivity contribution is 0.0429. The van der Waals surface area contributed by atoms with E-state index in [0.29, 0.717) is 0 Å². The number of benzene rings is 2. The van der Waals surface area contributed by atoms with Crippen LogP contribution in [0.25, 0.3) is 9.95 Å². The van der Waals surface area contributed by atoms with E-state index in [4.69, 9.17) is 10.8 Å². The van der Waals surface area contributed by atoms with Gasteiger partial charge in [-0.1, -0.05) is 0 Å². The quantitative estimate of drug-likeness (QED) is 0.726. The first-order valence-electron chi connectivity index (χ1n) is 5.37. The highest BCUT2D eigenvalue weighted by Crippen LogP contribution is 2.36. The van der Waals surface area contributed by atoms with Crippen molar-refractivity contribution in [3.8, 4) is 0 Å². The van der Waals surface area contributed by atoms with E-state index < -0.39 is 5.92 Å². The number of diazo groups is 2. The van der Waals surface area contributed by atoms with Crippen LogP contribution in [0.15, 0.2) is 48.5 Å². The molecule has 19 heavy (non-hydrogen) atoms. The Morgan fingerprint density at radius 2 is 1.00 bits per heavy atom. The van der Waals surface area contributed by atoms with E-state index in [-0.39, 0.29) is 22.5 Å². The van der Waals surface area contributed by atoms with Gasteiger partial charge in [0.25, 0.3) is 5.92 Å². The largest absolute Gasteiger partial charge is 0.385 e. The average molecular weight is 258 g/mol. The fourth-order valence-electron chi connectivity index (χ4n) is 1.64. The molecule has 0 spiro atoms. The lowest BCUT2D eigenvalue weighted by Gasteiger charge is -2.16. The van der Waals surface area contributed by atoms with Crippen molar-refractivity contribution in [2.45, 2.75) is 5.92 Å². The summed E-state index contributed by atoms with van der Waals surface area (Å²) in [4.78, 5) is 5.81. The predicted molar refractivity (Wildman–Crippen MR) is 65.4 cm³/mol. The number of hydrogen-bond donors (Lipinski definition) is 0. The summed E-state index contributed by atoms with van der Waals surface area (Å²) in [6.07, 6.45) is 0. The van der Waals surface area contributed by atoms with Crippen molar-refractivity contribution < 1.29 is 8.78 Å². The van der Waals surface area contributed by atoms with E-state index in [0.717, 1.165) is 0 Å². The highest BCUT2D eigenvalue weighted by atomic mass is 19.3. The van der Waals surface area contributed by atoms with Gasteiger partial charge in [0.1, 0.15) is 0 Å². The van der Waals surface area contributed by atoms with E-state index in [2.05, 4.69) is 9.95 Å². The van der Waals surface area contributed by atoms with Crippen LogP contribution in [0, 0.1) is 10.8 Å². The standard InChI is InChI=1S/C13H8F2N4/c14-13(15,9-1-5-11(18-16)6-2-9)10-3-7-12(19-17)8-4-10/h1-8H/q+2. The second-order valence-electron chi connectivity index (χ2n) is 3.87. The summed E-state index contributed by atoms with van der Waals surface area (Å²) in [6.45, 7) is 0. The van der Waals surface area contributed by atoms with Crippen molar-refractivity contribution in [1.29, 1.82) is 10.8 Å². The number of rotatable bonds is 2. The molecule has 92 valence electrons. The molecular formula is C13H8F2N4+2. The molecule has 0 saturated carbocycles. The van der Waals surface area contributed by atoms with Crippen LogP contribution in [0.4, 0.5) is 20.2 Å². The second kappa shape index (κ2) is 4.79. The van der Waals surface area contributed by atoms with E-state index >= 15 is 0 Å². The van der Waals surface area contributed by atoms with Crippen molar-refractivity contribution in [2.75, 3.05) is 0 Å². The van der Waals surface area contributed by atoms with Crippen molar-refractivity contribution in [2.24, 2.45) is 0 Å². The third-order valence-corrected chi connectivity index (χ3v) is 2.69. The Balaban J connectivity index is 2.40. The highest BCUT2D eigenvalue weighted by molar-refractivity contribution is 5.49. The monoisotopic (exact) mass is 258 g/mol. The molecule has 0 saturated heterocycles. The molecule has 2 rings (SSSR count). The Hall–Kier alpha value is -2.86. The van der Waals surface area contributed by atoms with Gasteiger partial charge in [0.05, 0.1) is 0 Å². The summed E-state index contributed by atoms with van der Waals surface area (Å²) in [7, 11) is 0. The minimum Gasteiger partial charge on any atom is -0.196 e. The molecule has 0 atom stereocenters. The Morgan fingerprint density at radius 3 is 1.26 bits per heavy atom. The molecule has 0 aromatic heterocycles. The van der Waals surface area contributed by atoms with Gasteiger partial charge in [0, 0.05) is 35.4 Å². The van der Waals surface area contributed by atoms with Gasteiger partial charge in [-0.3, -0.25) is 0 Å². The first-order valence-corrected chi connectivity index (χ1v) is 5.37. The van der Waals surface area contributed by atoms with Crippen molar-refractivity contribution in [1.82, 2.24) is 0 Å². The minimum atomic E-state index is -3.18. The fraction of sp³-hybridized carbons (Fsp3) is 0.0769. The van der Waals surface area contributed by atoms with E-state index in [1.54, 1.807) is 0 Å². The van der Waals surface area contributed by atoms with Gasteiger partial charge < -0.3 is 0 Å². The molecule has 0 heterocycles. The average Bonchev–Trinajstić information content (AvgIpc) is 2.47. The van der Waals surface area contributed by atoms with Crippen molar-refractivity contribution in [3.05, 3.63) is 69.6 Å². The molecule has 0 aliphatic carbocycles. The van der Waals surface area contributed by atoms with Crippen LogP contribution >= 0.6 is 0 Å². The number of hydrogen-bond acceptors (Lipinski definition) is 2. The van der Waals surface area contributed by atoms with E-state index in [9.17, 15) is 8.78 Å². The Kier molecular flexibility index (Phi) is 3.17. The van der Waals surface area contributed by atoms with Crippen molar-refractivity contribution >= 4 is 11.4 Å². The third kappa shape index (κ3) is 2.38. The molecule has 2 aromatic carbocycles. The molecule has 6 heteroatoms. The van der Waals surface area contributed by atoms with Gasteiger partial charge >= 0.3 is 11.4 Å². The van der Waals surface area contributed by atoms with Gasteiger partial charge in [0.15, 0.2) is 9.95 Å². The van der Waals surface area contributed by atoms with Crippen LogP contribution < -0.4 is 0 Å². The van der Waals surface area contributed by atoms with E-state index in [1.807, 2.05) is 0 Å². The maximum absolute atomic E-state index is 14.2. The number of alkyl halides is 2. The molecule has 0 aliphatic rings. The van der Waals surface area contributed by atoms with Crippen LogP contribution in [0.2, 0.25) is 0 Å². The number of halogens is 2. The zero-order valence-electron chi connectivity index (χ0n) is 9.66. The first-order chi connectivity index (χ1) is 9.07. The smallest absolute Gasteiger partial charge is 0.196 e. The summed E-state index contributed by atoms with van der Waals surface area (Å²) in [6, 6.07) is 9.94. The molecule has 0 bridgehead atoms. The zero-order valence-corrected chi connectivity index (χ0v) is 9.66. The zero-order chi connectivity index (χ0) is 13.9. The van der Waals surface area contributed by atoms with E-state index in [1.165, 1.54) is 48.5 Å². The molecule has 4 nitrogen and oxygen atoms in total. The molecule has 0 unspecified atom stereocenters. The second-order valence-corrected chi connectivity index (χ2v) is 3.87. The van der Waals surface area contributed by atoms with Crippen molar-refractivity contribution in [3.63, 3.8) is 0 Å². The molecule has 0 aliphatic heterocycles. The summed E-state index contributed by atoms with van der Waals surface area (Å²) in [5.74, 6) is -3.18. The predicted octanol–water partition coefficient (Wildman–Crippen LogP) is 4.80. The topological polar surface area (TPSA) is 56.3 Å². The van der Waals surface area contributed by atoms with Crippen LogP contribution in [0.5, 0.6) is 0 Å². The third-order valence-electron chi connectivity index (χ3n) is 2.69. The lowest BCUT2D eigenvalue weighted by atomic mass is 10.00. The summed E-state index contributed by atoms with van der Waals surface area (Å²) < 4.78 is 28.3. The summed E-state index contributed by atoms with van der Waals surface area (Å²) in [5, 5.41) is 17.0. The summed E-state index contributed by atoms with van der Waals surface area (Å²) >= 11 is 0. The Labute approximate surface area is 107 Å². The molecule has 0 amide bonds. The SMILES string of the molecule is N#[N+]c1ccc(C(F)(F)c2ccc([N+]#N)cc2)cc1. The van der Waals surface area contributed by atoms with Gasteiger partial charge in [-0.15, -0.1) is 0 Å². The normalized spacial score (nSPS) is 10.5. The highest BCUT2D eigenvalue weighted by Gasteiger charge is 2.34. The van der Waals surface area contributed by atoms with Gasteiger partial charge in [-0.2, -0.15) is 8.78 Å². The van der Waals surface area contributed by atoms with Gasteiger partial charge in [-0.05, 0) is 24.3 Å². The van der Waals surface area contributed by atoms with Gasteiger partial charge in [0.2, 0.25) is 10.8 Å². The Morgan fingerprint density at radius 1 is 0.684 bits per heavy atom. The first kappa shape index (κ1) is 12.6. The molecule has 0 N–H and O–H groups in total. The number of nitrogens with zero attached hydrogens (tertiary/aromatic N) is 4. The maximum Gasteiger partial charge on any atom is 0.385 e. The maximum atomic E-state index is 14.2. The van der Waals surface area contributed by atoms with Crippen LogP contribution in [0.1, 0.15) is 11.1 Å².